The number of esters is 1. The molecule has 0 saturated carbocycles. The lowest BCUT2D eigenvalue weighted by Crippen LogP contribution is -2.11. The van der Waals surface area contributed by atoms with Crippen LogP contribution in [0.4, 0.5) is 0 Å². The third kappa shape index (κ3) is 3.41. The van der Waals surface area contributed by atoms with Crippen LogP contribution in [0.25, 0.3) is 0 Å². The minimum absolute atomic E-state index is 0.238. The second kappa shape index (κ2) is 5.25. The first-order valence-electron chi connectivity index (χ1n) is 5.40. The molecule has 0 unspecified atom stereocenters. The van der Waals surface area contributed by atoms with E-state index in [1.165, 1.54) is 0 Å². The quantitative estimate of drug-likeness (QED) is 0.597. The van der Waals surface area contributed by atoms with Crippen molar-refractivity contribution in [1.29, 1.82) is 0 Å². The SMILES string of the molecule is Cc1cccc(OC(=O)Cc2cccnc2)c1. The zero-order valence-electron chi connectivity index (χ0n) is 9.59. The first-order valence-corrected chi connectivity index (χ1v) is 5.40. The van der Waals surface area contributed by atoms with Crippen molar-refractivity contribution in [2.45, 2.75) is 13.3 Å². The first kappa shape index (κ1) is 11.3. The van der Waals surface area contributed by atoms with Crippen LogP contribution in [-0.4, -0.2) is 11.0 Å². The Balaban J connectivity index is 1.98. The number of carbonyl (C=O) groups is 1. The molecule has 0 bridgehead atoms. The van der Waals surface area contributed by atoms with Gasteiger partial charge in [0.1, 0.15) is 5.75 Å². The van der Waals surface area contributed by atoms with Crippen molar-refractivity contribution in [2.24, 2.45) is 0 Å². The molecule has 0 fully saturated rings. The van der Waals surface area contributed by atoms with Crippen LogP contribution in [0.3, 0.4) is 0 Å². The minimum atomic E-state index is -0.274. The largest absolute Gasteiger partial charge is 0.426 e. The fourth-order valence-electron chi connectivity index (χ4n) is 1.52. The highest BCUT2D eigenvalue weighted by atomic mass is 16.5. The van der Waals surface area contributed by atoms with E-state index in [0.29, 0.717) is 5.75 Å². The predicted molar refractivity (Wildman–Crippen MR) is 64.8 cm³/mol. The molecule has 1 heterocycles. The molecule has 0 aliphatic carbocycles. The summed E-state index contributed by atoms with van der Waals surface area (Å²) in [5.41, 5.74) is 1.92. The molecule has 3 heteroatoms. The van der Waals surface area contributed by atoms with Gasteiger partial charge < -0.3 is 4.74 Å². The average molecular weight is 227 g/mol. The van der Waals surface area contributed by atoms with E-state index in [1.807, 2.05) is 31.2 Å². The van der Waals surface area contributed by atoms with E-state index in [9.17, 15) is 4.79 Å². The van der Waals surface area contributed by atoms with Crippen molar-refractivity contribution >= 4 is 5.97 Å². The summed E-state index contributed by atoms with van der Waals surface area (Å²) in [5.74, 6) is 0.308. The van der Waals surface area contributed by atoms with E-state index in [0.717, 1.165) is 11.1 Å². The Hall–Kier alpha value is -2.16. The number of benzene rings is 1. The lowest BCUT2D eigenvalue weighted by atomic mass is 10.2. The van der Waals surface area contributed by atoms with Crippen molar-refractivity contribution in [3.63, 3.8) is 0 Å². The van der Waals surface area contributed by atoms with Gasteiger partial charge >= 0.3 is 5.97 Å². The topological polar surface area (TPSA) is 39.2 Å². The van der Waals surface area contributed by atoms with E-state index < -0.39 is 0 Å². The molecule has 0 aliphatic rings. The maximum absolute atomic E-state index is 11.6. The smallest absolute Gasteiger partial charge is 0.315 e. The number of nitrogens with zero attached hydrogens (tertiary/aromatic N) is 1. The van der Waals surface area contributed by atoms with E-state index >= 15 is 0 Å². The number of carbonyl (C=O) groups excluding carboxylic acids is 1. The Kier molecular flexibility index (Phi) is 3.50. The van der Waals surface area contributed by atoms with E-state index in [4.69, 9.17) is 4.74 Å². The molecule has 0 spiro atoms. The maximum Gasteiger partial charge on any atom is 0.315 e. The van der Waals surface area contributed by atoms with Crippen molar-refractivity contribution in [1.82, 2.24) is 4.98 Å². The van der Waals surface area contributed by atoms with E-state index in [-0.39, 0.29) is 12.4 Å². The second-order valence-electron chi connectivity index (χ2n) is 3.83. The molecule has 0 radical (unpaired) electrons. The first-order chi connectivity index (χ1) is 8.24. The summed E-state index contributed by atoms with van der Waals surface area (Å²) in [5, 5.41) is 0. The number of aromatic nitrogens is 1. The normalized spacial score (nSPS) is 9.94. The summed E-state index contributed by atoms with van der Waals surface area (Å²) in [4.78, 5) is 15.6. The Morgan fingerprint density at radius 1 is 1.29 bits per heavy atom. The standard InChI is InChI=1S/C14H13NO2/c1-11-4-2-6-13(8-11)17-14(16)9-12-5-3-7-15-10-12/h2-8,10H,9H2,1H3. The van der Waals surface area contributed by atoms with Gasteiger partial charge in [-0.15, -0.1) is 0 Å². The number of ether oxygens (including phenoxy) is 1. The van der Waals surface area contributed by atoms with E-state index in [1.54, 1.807) is 24.5 Å². The lowest BCUT2D eigenvalue weighted by molar-refractivity contribution is -0.133. The van der Waals surface area contributed by atoms with Gasteiger partial charge in [-0.25, -0.2) is 0 Å². The minimum Gasteiger partial charge on any atom is -0.426 e. The van der Waals surface area contributed by atoms with Crippen LogP contribution in [0.1, 0.15) is 11.1 Å². The van der Waals surface area contributed by atoms with Crippen molar-refractivity contribution in [2.75, 3.05) is 0 Å². The predicted octanol–water partition coefficient (Wildman–Crippen LogP) is 2.54. The zero-order valence-corrected chi connectivity index (χ0v) is 9.59. The van der Waals surface area contributed by atoms with Gasteiger partial charge in [0.2, 0.25) is 0 Å². The molecule has 86 valence electrons. The van der Waals surface area contributed by atoms with Gasteiger partial charge in [-0.1, -0.05) is 18.2 Å². The Bertz CT molecular complexity index is 509. The van der Waals surface area contributed by atoms with Crippen LogP contribution < -0.4 is 4.74 Å². The molecule has 2 aromatic rings. The van der Waals surface area contributed by atoms with Gasteiger partial charge in [-0.3, -0.25) is 9.78 Å². The number of hydrogen-bond donors (Lipinski definition) is 0. The number of pyridine rings is 1. The Morgan fingerprint density at radius 3 is 2.88 bits per heavy atom. The van der Waals surface area contributed by atoms with Gasteiger partial charge in [-0.05, 0) is 36.2 Å². The molecule has 0 amide bonds. The average Bonchev–Trinajstić information content (AvgIpc) is 2.30. The van der Waals surface area contributed by atoms with Gasteiger partial charge in [-0.2, -0.15) is 0 Å². The van der Waals surface area contributed by atoms with Gasteiger partial charge in [0, 0.05) is 12.4 Å². The van der Waals surface area contributed by atoms with Crippen LogP contribution in [0.5, 0.6) is 5.75 Å². The fourth-order valence-corrected chi connectivity index (χ4v) is 1.52. The number of hydrogen-bond acceptors (Lipinski definition) is 3. The van der Waals surface area contributed by atoms with Crippen LogP contribution in [0.2, 0.25) is 0 Å². The van der Waals surface area contributed by atoms with E-state index in [2.05, 4.69) is 4.98 Å². The molecular formula is C14H13NO2. The monoisotopic (exact) mass is 227 g/mol. The summed E-state index contributed by atoms with van der Waals surface area (Å²) in [6, 6.07) is 11.1. The Morgan fingerprint density at radius 2 is 2.18 bits per heavy atom. The van der Waals surface area contributed by atoms with Gasteiger partial charge in [0.05, 0.1) is 6.42 Å². The summed E-state index contributed by atoms with van der Waals surface area (Å²) >= 11 is 0. The molecule has 0 aliphatic heterocycles. The number of aryl methyl sites for hydroxylation is 1. The maximum atomic E-state index is 11.6. The zero-order chi connectivity index (χ0) is 12.1. The summed E-state index contributed by atoms with van der Waals surface area (Å²) in [6.45, 7) is 1.96. The van der Waals surface area contributed by atoms with Crippen molar-refractivity contribution in [3.05, 3.63) is 59.9 Å². The third-order valence-electron chi connectivity index (χ3n) is 2.29. The fraction of sp³-hybridized carbons (Fsp3) is 0.143. The summed E-state index contributed by atoms with van der Waals surface area (Å²) < 4.78 is 5.23. The van der Waals surface area contributed by atoms with Crippen molar-refractivity contribution < 1.29 is 9.53 Å². The molecular weight excluding hydrogens is 214 g/mol. The summed E-state index contributed by atoms with van der Waals surface area (Å²) in [6.07, 6.45) is 3.58. The molecule has 3 nitrogen and oxygen atoms in total. The van der Waals surface area contributed by atoms with Gasteiger partial charge in [0.15, 0.2) is 0 Å². The van der Waals surface area contributed by atoms with Crippen LogP contribution >= 0.6 is 0 Å². The van der Waals surface area contributed by atoms with Crippen LogP contribution in [-0.2, 0) is 11.2 Å². The third-order valence-corrected chi connectivity index (χ3v) is 2.29. The Labute approximate surface area is 100 Å². The molecule has 0 atom stereocenters. The summed E-state index contributed by atoms with van der Waals surface area (Å²) in [7, 11) is 0. The second-order valence-corrected chi connectivity index (χ2v) is 3.83. The van der Waals surface area contributed by atoms with Gasteiger partial charge in [0.25, 0.3) is 0 Å². The highest BCUT2D eigenvalue weighted by molar-refractivity contribution is 5.75. The molecule has 0 N–H and O–H groups in total. The molecule has 2 rings (SSSR count). The highest BCUT2D eigenvalue weighted by Crippen LogP contribution is 2.13. The lowest BCUT2D eigenvalue weighted by Gasteiger charge is -2.04. The van der Waals surface area contributed by atoms with Crippen molar-refractivity contribution in [3.8, 4) is 5.75 Å². The molecule has 17 heavy (non-hydrogen) atoms. The molecule has 1 aromatic heterocycles. The van der Waals surface area contributed by atoms with Crippen LogP contribution in [0, 0.1) is 6.92 Å². The van der Waals surface area contributed by atoms with Crippen LogP contribution in [0.15, 0.2) is 48.8 Å². The molecule has 0 saturated heterocycles. The highest BCUT2D eigenvalue weighted by Gasteiger charge is 2.06. The molecule has 1 aromatic carbocycles. The number of rotatable bonds is 3.